The van der Waals surface area contributed by atoms with Gasteiger partial charge in [0.05, 0.1) is 7.11 Å². The van der Waals surface area contributed by atoms with Crippen LogP contribution in [0.5, 0.6) is 5.88 Å². The first-order valence-corrected chi connectivity index (χ1v) is 6.25. The second-order valence-electron chi connectivity index (χ2n) is 4.33. The van der Waals surface area contributed by atoms with Crippen LogP contribution >= 0.6 is 0 Å². The van der Waals surface area contributed by atoms with Crippen LogP contribution in [0.4, 0.5) is 5.95 Å². The van der Waals surface area contributed by atoms with Crippen molar-refractivity contribution in [2.75, 3.05) is 12.8 Å². The minimum atomic E-state index is 0.0987. The first-order valence-electron chi connectivity index (χ1n) is 6.25. The number of rotatable bonds is 2. The Morgan fingerprint density at radius 2 is 2.00 bits per heavy atom. The fraction of sp³-hybridized carbons (Fsp3) is 0.133. The number of anilines is 1. The summed E-state index contributed by atoms with van der Waals surface area (Å²) < 4.78 is 6.90. The molecule has 3 rings (SSSR count). The summed E-state index contributed by atoms with van der Waals surface area (Å²) in [5, 5.41) is 4.16. The van der Waals surface area contributed by atoms with Gasteiger partial charge in [-0.2, -0.15) is 9.50 Å². The van der Waals surface area contributed by atoms with E-state index in [0.717, 1.165) is 5.56 Å². The lowest BCUT2D eigenvalue weighted by molar-refractivity contribution is 0.385. The van der Waals surface area contributed by atoms with Gasteiger partial charge in [-0.05, 0) is 18.2 Å². The molecule has 5 nitrogen and oxygen atoms in total. The molecule has 2 N–H and O–H groups in total. The van der Waals surface area contributed by atoms with Crippen LogP contribution in [0, 0.1) is 0 Å². The average Bonchev–Trinajstić information content (AvgIpc) is 2.79. The molecule has 0 radical (unpaired) electrons. The molecule has 20 heavy (non-hydrogen) atoms. The number of nitrogen functional groups attached to an aromatic ring is 1. The molecule has 1 aliphatic rings. The van der Waals surface area contributed by atoms with Crippen molar-refractivity contribution < 1.29 is 4.74 Å². The Balaban J connectivity index is 2.17. The molecule has 0 aliphatic heterocycles. The van der Waals surface area contributed by atoms with Crippen LogP contribution in [0.2, 0.25) is 0 Å². The first kappa shape index (κ1) is 12.3. The van der Waals surface area contributed by atoms with E-state index in [0.29, 0.717) is 11.5 Å². The summed E-state index contributed by atoms with van der Waals surface area (Å²) in [4.78, 5) is 4.30. The third-order valence-corrected chi connectivity index (χ3v) is 3.09. The zero-order valence-corrected chi connectivity index (χ0v) is 11.0. The van der Waals surface area contributed by atoms with Gasteiger partial charge in [0.25, 0.3) is 0 Å². The first-order chi connectivity index (χ1) is 9.79. The fourth-order valence-electron chi connectivity index (χ4n) is 2.18. The summed E-state index contributed by atoms with van der Waals surface area (Å²) >= 11 is 0. The molecule has 2 heterocycles. The predicted octanol–water partition coefficient (Wildman–Crippen LogP) is 2.24. The maximum atomic E-state index is 5.71. The third-order valence-electron chi connectivity index (χ3n) is 3.09. The van der Waals surface area contributed by atoms with Crippen molar-refractivity contribution in [1.29, 1.82) is 0 Å². The van der Waals surface area contributed by atoms with Gasteiger partial charge in [-0.25, -0.2) is 0 Å². The molecular weight excluding hydrogens is 252 g/mol. The van der Waals surface area contributed by atoms with Gasteiger partial charge in [0.1, 0.15) is 0 Å². The highest BCUT2D eigenvalue weighted by atomic mass is 16.5. The van der Waals surface area contributed by atoms with Gasteiger partial charge >= 0.3 is 0 Å². The van der Waals surface area contributed by atoms with E-state index < -0.39 is 0 Å². The van der Waals surface area contributed by atoms with Crippen LogP contribution in [-0.2, 0) is 0 Å². The fourth-order valence-corrected chi connectivity index (χ4v) is 2.18. The van der Waals surface area contributed by atoms with Gasteiger partial charge in [0.15, 0.2) is 5.65 Å². The van der Waals surface area contributed by atoms with Gasteiger partial charge in [-0.15, -0.1) is 10.8 Å². The molecule has 0 spiro atoms. The van der Waals surface area contributed by atoms with Gasteiger partial charge in [-0.3, -0.25) is 0 Å². The van der Waals surface area contributed by atoms with Crippen LogP contribution in [0.3, 0.4) is 0 Å². The molecule has 1 aliphatic carbocycles. The van der Waals surface area contributed by atoms with Gasteiger partial charge in [0.2, 0.25) is 11.8 Å². The van der Waals surface area contributed by atoms with Crippen LogP contribution in [0.1, 0.15) is 11.5 Å². The van der Waals surface area contributed by atoms with E-state index in [1.165, 1.54) is 0 Å². The standard InChI is InChI=1S/C15H14N4O/c1-20-13-10-9-12(14-17-15(16)18-19(13)14)11-7-5-3-2-4-6-8-11/h3-11H,1H3,(H2,16,18)/b7-5-,8-6?. The van der Waals surface area contributed by atoms with E-state index in [1.54, 1.807) is 11.6 Å². The van der Waals surface area contributed by atoms with Crippen molar-refractivity contribution >= 4 is 11.6 Å². The predicted molar refractivity (Wildman–Crippen MR) is 77.6 cm³/mol. The largest absolute Gasteiger partial charge is 0.481 e. The van der Waals surface area contributed by atoms with Crippen molar-refractivity contribution in [3.8, 4) is 5.88 Å². The second-order valence-corrected chi connectivity index (χ2v) is 4.33. The van der Waals surface area contributed by atoms with Crippen molar-refractivity contribution in [3.05, 3.63) is 59.9 Å². The Morgan fingerprint density at radius 1 is 1.25 bits per heavy atom. The number of pyridine rings is 1. The number of nitrogens with two attached hydrogens (primary N) is 1. The Labute approximate surface area is 116 Å². The van der Waals surface area contributed by atoms with Crippen molar-refractivity contribution in [2.24, 2.45) is 0 Å². The average molecular weight is 266 g/mol. The zero-order valence-electron chi connectivity index (χ0n) is 11.0. The molecule has 100 valence electrons. The van der Waals surface area contributed by atoms with Crippen molar-refractivity contribution in [2.45, 2.75) is 5.92 Å². The monoisotopic (exact) mass is 266 g/mol. The summed E-state index contributed by atoms with van der Waals surface area (Å²) in [6, 6.07) is 3.85. The Kier molecular flexibility index (Phi) is 3.11. The van der Waals surface area contributed by atoms with E-state index in [-0.39, 0.29) is 11.9 Å². The highest BCUT2D eigenvalue weighted by Gasteiger charge is 2.15. The number of nitrogens with zero attached hydrogens (tertiary/aromatic N) is 3. The molecule has 1 unspecified atom stereocenters. The topological polar surface area (TPSA) is 65.4 Å². The zero-order chi connectivity index (χ0) is 13.9. The summed E-state index contributed by atoms with van der Waals surface area (Å²) in [6.45, 7) is 0. The molecule has 0 bridgehead atoms. The Bertz CT molecular complexity index is 746. The molecule has 0 saturated heterocycles. The van der Waals surface area contributed by atoms with Crippen molar-refractivity contribution in [1.82, 2.24) is 14.6 Å². The van der Waals surface area contributed by atoms with Gasteiger partial charge in [-0.1, -0.05) is 24.3 Å². The van der Waals surface area contributed by atoms with E-state index in [9.17, 15) is 0 Å². The smallest absolute Gasteiger partial charge is 0.240 e. The van der Waals surface area contributed by atoms with Crippen LogP contribution in [0.25, 0.3) is 5.65 Å². The van der Waals surface area contributed by atoms with E-state index in [2.05, 4.69) is 28.0 Å². The Morgan fingerprint density at radius 3 is 2.70 bits per heavy atom. The summed E-state index contributed by atoms with van der Waals surface area (Å²) in [6.07, 6.45) is 11.8. The quantitative estimate of drug-likeness (QED) is 0.847. The van der Waals surface area contributed by atoms with Crippen LogP contribution in [0.15, 0.2) is 54.3 Å². The summed E-state index contributed by atoms with van der Waals surface area (Å²) in [7, 11) is 1.59. The normalized spacial score (nSPS) is 18.9. The Hall–Kier alpha value is -2.78. The van der Waals surface area contributed by atoms with Gasteiger partial charge in [0, 0.05) is 17.5 Å². The SMILES string of the molecule is COc1ccc(C2C=CC=C=C/C=C\2)c2nc(N)nn12. The molecular formula is C15H14N4O. The molecule has 0 amide bonds. The van der Waals surface area contributed by atoms with Gasteiger partial charge < -0.3 is 10.5 Å². The highest BCUT2D eigenvalue weighted by molar-refractivity contribution is 5.56. The van der Waals surface area contributed by atoms with Crippen LogP contribution < -0.4 is 10.5 Å². The lowest BCUT2D eigenvalue weighted by Gasteiger charge is -2.11. The number of aromatic nitrogens is 3. The molecule has 5 heteroatoms. The van der Waals surface area contributed by atoms with E-state index >= 15 is 0 Å². The molecule has 0 fully saturated rings. The minimum Gasteiger partial charge on any atom is -0.481 e. The van der Waals surface area contributed by atoms with Crippen molar-refractivity contribution in [3.63, 3.8) is 0 Å². The molecule has 0 aromatic carbocycles. The summed E-state index contributed by atoms with van der Waals surface area (Å²) in [5.41, 5.74) is 10.5. The highest BCUT2D eigenvalue weighted by Crippen LogP contribution is 2.27. The molecule has 0 saturated carbocycles. The summed E-state index contributed by atoms with van der Waals surface area (Å²) in [5.74, 6) is 0.933. The number of allylic oxidation sites excluding steroid dienone is 5. The van der Waals surface area contributed by atoms with E-state index in [1.807, 2.05) is 36.4 Å². The maximum absolute atomic E-state index is 5.71. The van der Waals surface area contributed by atoms with Crippen LogP contribution in [-0.4, -0.2) is 21.7 Å². The second kappa shape index (κ2) is 5.07. The number of ether oxygens (including phenoxy) is 1. The third kappa shape index (κ3) is 2.11. The number of methoxy groups -OCH3 is 1. The maximum Gasteiger partial charge on any atom is 0.240 e. The molecule has 2 aromatic rings. The molecule has 1 atom stereocenters. The lowest BCUT2D eigenvalue weighted by Crippen LogP contribution is -2.01. The van der Waals surface area contributed by atoms with E-state index in [4.69, 9.17) is 10.5 Å². The number of fused-ring (bicyclic) bond motifs is 1. The number of hydrogen-bond donors (Lipinski definition) is 1. The lowest BCUT2D eigenvalue weighted by atomic mass is 9.98. The number of hydrogen-bond acceptors (Lipinski definition) is 4. The molecule has 2 aromatic heterocycles. The minimum absolute atomic E-state index is 0.0987.